The molecule has 0 bridgehead atoms. The molecule has 1 saturated heterocycles. The van der Waals surface area contributed by atoms with Crippen LogP contribution in [0.1, 0.15) is 40.7 Å². The van der Waals surface area contributed by atoms with Gasteiger partial charge >= 0.3 is 0 Å². The molecular weight excluding hydrogens is 268 g/mol. The highest BCUT2D eigenvalue weighted by molar-refractivity contribution is 8.06. The number of aromatic nitrogens is 1. The van der Waals surface area contributed by atoms with Crippen LogP contribution >= 0.6 is 34.9 Å². The lowest BCUT2D eigenvalue weighted by atomic mass is 10.2. The summed E-state index contributed by atoms with van der Waals surface area (Å²) < 4.78 is 0. The molecular formula is C12H20N2S3. The molecule has 1 aromatic heterocycles. The maximum Gasteiger partial charge on any atom is 0.107 e. The van der Waals surface area contributed by atoms with Crippen molar-refractivity contribution in [1.82, 2.24) is 10.3 Å². The van der Waals surface area contributed by atoms with Crippen LogP contribution < -0.4 is 5.32 Å². The van der Waals surface area contributed by atoms with Crippen LogP contribution in [0.15, 0.2) is 0 Å². The number of thioether (sulfide) groups is 2. The molecule has 2 nitrogen and oxygen atoms in total. The van der Waals surface area contributed by atoms with E-state index in [-0.39, 0.29) is 0 Å². The Morgan fingerprint density at radius 3 is 2.71 bits per heavy atom. The molecule has 2 rings (SSSR count). The van der Waals surface area contributed by atoms with E-state index in [0.29, 0.717) is 16.5 Å². The zero-order chi connectivity index (χ0) is 12.4. The molecule has 5 heteroatoms. The molecule has 17 heavy (non-hydrogen) atoms. The Hall–Kier alpha value is 0.290. The van der Waals surface area contributed by atoms with Crippen molar-refractivity contribution in [2.75, 3.05) is 18.6 Å². The molecule has 0 radical (unpaired) electrons. The molecule has 0 spiro atoms. The molecule has 2 heterocycles. The second-order valence-corrected chi connectivity index (χ2v) is 8.18. The molecule has 1 aliphatic heterocycles. The highest BCUT2D eigenvalue weighted by Crippen LogP contribution is 2.44. The van der Waals surface area contributed by atoms with Gasteiger partial charge in [-0.1, -0.05) is 6.92 Å². The van der Waals surface area contributed by atoms with Crippen LogP contribution in [0.4, 0.5) is 0 Å². The van der Waals surface area contributed by atoms with Gasteiger partial charge in [0.25, 0.3) is 0 Å². The van der Waals surface area contributed by atoms with Gasteiger partial charge in [-0.25, -0.2) is 4.98 Å². The van der Waals surface area contributed by atoms with Crippen LogP contribution in [0.2, 0.25) is 0 Å². The topological polar surface area (TPSA) is 24.9 Å². The summed E-state index contributed by atoms with van der Waals surface area (Å²) in [5.41, 5.74) is 1.20. The summed E-state index contributed by atoms with van der Waals surface area (Å²) in [6.45, 7) is 6.67. The third-order valence-corrected chi connectivity index (χ3v) is 7.78. The predicted octanol–water partition coefficient (Wildman–Crippen LogP) is 3.64. The maximum absolute atomic E-state index is 4.80. The number of rotatable bonds is 3. The van der Waals surface area contributed by atoms with Crippen LogP contribution in [0, 0.1) is 6.92 Å². The minimum absolute atomic E-state index is 0.415. The first-order valence-corrected chi connectivity index (χ1v) is 8.92. The number of hydrogen-bond donors (Lipinski definition) is 1. The number of thiazole rings is 1. The lowest BCUT2D eigenvalue weighted by Gasteiger charge is -2.25. The molecule has 1 N–H and O–H groups in total. The van der Waals surface area contributed by atoms with E-state index in [1.54, 1.807) is 0 Å². The van der Waals surface area contributed by atoms with Gasteiger partial charge in [0.1, 0.15) is 5.01 Å². The Bertz CT molecular complexity index is 378. The van der Waals surface area contributed by atoms with Gasteiger partial charge in [-0.05, 0) is 20.9 Å². The summed E-state index contributed by atoms with van der Waals surface area (Å²) in [5, 5.41) is 5.92. The normalized spacial score (nSPS) is 27.1. The fourth-order valence-electron chi connectivity index (χ4n) is 1.99. The van der Waals surface area contributed by atoms with Gasteiger partial charge in [-0.3, -0.25) is 0 Å². The SMILES string of the molecule is CNC(C)c1sc(C2SCCSC2C)nc1C. The fraction of sp³-hybridized carbons (Fsp3) is 0.750. The van der Waals surface area contributed by atoms with E-state index < -0.39 is 0 Å². The molecule has 0 aliphatic carbocycles. The van der Waals surface area contributed by atoms with Crippen LogP contribution in [0.5, 0.6) is 0 Å². The Morgan fingerprint density at radius 2 is 2.06 bits per heavy atom. The van der Waals surface area contributed by atoms with Gasteiger partial charge in [0.15, 0.2) is 0 Å². The molecule has 1 aromatic rings. The molecule has 0 amide bonds. The zero-order valence-corrected chi connectivity index (χ0v) is 13.3. The van der Waals surface area contributed by atoms with Gasteiger partial charge in [-0.15, -0.1) is 23.1 Å². The van der Waals surface area contributed by atoms with E-state index in [1.165, 1.54) is 27.1 Å². The van der Waals surface area contributed by atoms with Crippen molar-refractivity contribution in [2.45, 2.75) is 37.3 Å². The monoisotopic (exact) mass is 288 g/mol. The quantitative estimate of drug-likeness (QED) is 0.918. The highest BCUT2D eigenvalue weighted by atomic mass is 32.2. The van der Waals surface area contributed by atoms with Crippen molar-refractivity contribution in [1.29, 1.82) is 0 Å². The van der Waals surface area contributed by atoms with Crippen molar-refractivity contribution >= 4 is 34.9 Å². The summed E-state index contributed by atoms with van der Waals surface area (Å²) >= 11 is 6.05. The second kappa shape index (κ2) is 5.95. The minimum Gasteiger partial charge on any atom is -0.312 e. The summed E-state index contributed by atoms with van der Waals surface area (Å²) in [6, 6.07) is 0.415. The average molecular weight is 289 g/mol. The standard InChI is InChI=1S/C12H20N2S3/c1-7(13-4)10-8(2)14-12(17-10)11-9(3)15-5-6-16-11/h7,9,11,13H,5-6H2,1-4H3. The lowest BCUT2D eigenvalue weighted by Crippen LogP contribution is -2.15. The van der Waals surface area contributed by atoms with E-state index >= 15 is 0 Å². The van der Waals surface area contributed by atoms with Crippen molar-refractivity contribution in [3.05, 3.63) is 15.6 Å². The van der Waals surface area contributed by atoms with Crippen molar-refractivity contribution in [2.24, 2.45) is 0 Å². The maximum atomic E-state index is 4.80. The molecule has 0 aromatic carbocycles. The van der Waals surface area contributed by atoms with E-state index in [1.807, 2.05) is 18.4 Å². The van der Waals surface area contributed by atoms with E-state index in [2.05, 4.69) is 49.6 Å². The predicted molar refractivity (Wildman–Crippen MR) is 81.4 cm³/mol. The fourth-order valence-corrected chi connectivity index (χ4v) is 6.28. The molecule has 3 atom stereocenters. The Labute approximate surface area is 116 Å². The number of aryl methyl sites for hydroxylation is 1. The smallest absolute Gasteiger partial charge is 0.107 e. The minimum atomic E-state index is 0.415. The van der Waals surface area contributed by atoms with Gasteiger partial charge < -0.3 is 5.32 Å². The first-order chi connectivity index (χ1) is 8.13. The summed E-state index contributed by atoms with van der Waals surface area (Å²) in [6.07, 6.45) is 0. The molecule has 96 valence electrons. The van der Waals surface area contributed by atoms with Crippen LogP contribution in [0.3, 0.4) is 0 Å². The zero-order valence-electron chi connectivity index (χ0n) is 10.8. The molecule has 3 unspecified atom stereocenters. The van der Waals surface area contributed by atoms with E-state index in [0.717, 1.165) is 0 Å². The molecule has 1 aliphatic rings. The first kappa shape index (κ1) is 13.7. The van der Waals surface area contributed by atoms with Gasteiger partial charge in [0, 0.05) is 27.7 Å². The van der Waals surface area contributed by atoms with Gasteiger partial charge in [0.2, 0.25) is 0 Å². The lowest BCUT2D eigenvalue weighted by molar-refractivity contribution is 0.658. The molecule has 1 fully saturated rings. The van der Waals surface area contributed by atoms with Gasteiger partial charge in [0.05, 0.1) is 10.9 Å². The van der Waals surface area contributed by atoms with Crippen LogP contribution in [0.25, 0.3) is 0 Å². The Balaban J connectivity index is 2.21. The Kier molecular flexibility index (Phi) is 4.80. The number of nitrogens with zero attached hydrogens (tertiary/aromatic N) is 1. The summed E-state index contributed by atoms with van der Waals surface area (Å²) in [7, 11) is 2.01. The van der Waals surface area contributed by atoms with E-state index in [9.17, 15) is 0 Å². The van der Waals surface area contributed by atoms with Crippen molar-refractivity contribution in [3.63, 3.8) is 0 Å². The van der Waals surface area contributed by atoms with Crippen LogP contribution in [-0.2, 0) is 0 Å². The third kappa shape index (κ3) is 3.00. The van der Waals surface area contributed by atoms with E-state index in [4.69, 9.17) is 4.98 Å². The summed E-state index contributed by atoms with van der Waals surface area (Å²) in [5.74, 6) is 2.54. The Morgan fingerprint density at radius 1 is 1.35 bits per heavy atom. The third-order valence-electron chi connectivity index (χ3n) is 3.11. The molecule has 0 saturated carbocycles. The highest BCUT2D eigenvalue weighted by Gasteiger charge is 2.28. The second-order valence-electron chi connectivity index (χ2n) is 4.38. The first-order valence-electron chi connectivity index (χ1n) is 6.01. The average Bonchev–Trinajstić information content (AvgIpc) is 2.71. The van der Waals surface area contributed by atoms with Crippen molar-refractivity contribution in [3.8, 4) is 0 Å². The van der Waals surface area contributed by atoms with Crippen LogP contribution in [-0.4, -0.2) is 28.8 Å². The number of nitrogens with one attached hydrogen (secondary N) is 1. The number of hydrogen-bond acceptors (Lipinski definition) is 5. The van der Waals surface area contributed by atoms with Gasteiger partial charge in [-0.2, -0.15) is 11.8 Å². The largest absolute Gasteiger partial charge is 0.312 e. The van der Waals surface area contributed by atoms with Crippen molar-refractivity contribution < 1.29 is 0 Å². The summed E-state index contributed by atoms with van der Waals surface area (Å²) in [4.78, 5) is 6.19.